The molecule has 0 radical (unpaired) electrons. The topological polar surface area (TPSA) is 124 Å². The molecule has 0 saturated heterocycles. The lowest BCUT2D eigenvalue weighted by Gasteiger charge is -2.27. The van der Waals surface area contributed by atoms with Crippen LogP contribution in [-0.4, -0.2) is 58.5 Å². The minimum atomic E-state index is -1.29. The second kappa shape index (κ2) is 10.7. The lowest BCUT2D eigenvalue weighted by atomic mass is 9.79. The fraction of sp³-hybridized carbons (Fsp3) is 0.765. The molecular formula is C17H30N2O6. The molecule has 0 aromatic heterocycles. The van der Waals surface area contributed by atoms with Gasteiger partial charge in [0.25, 0.3) is 0 Å². The average Bonchev–Trinajstić information content (AvgIpc) is 2.44. The van der Waals surface area contributed by atoms with Gasteiger partial charge in [0, 0.05) is 18.9 Å². The van der Waals surface area contributed by atoms with Crippen molar-refractivity contribution in [1.29, 1.82) is 0 Å². The van der Waals surface area contributed by atoms with Crippen LogP contribution in [0.2, 0.25) is 0 Å². The van der Waals surface area contributed by atoms with E-state index in [4.69, 9.17) is 10.2 Å². The first kappa shape index (κ1) is 22.9. The zero-order valence-electron chi connectivity index (χ0n) is 15.5. The third-order valence-electron chi connectivity index (χ3n) is 3.88. The number of carbonyl (C=O) groups is 4. The summed E-state index contributed by atoms with van der Waals surface area (Å²) in [6.07, 6.45) is 2.64. The van der Waals surface area contributed by atoms with E-state index in [0.29, 0.717) is 0 Å². The predicted molar refractivity (Wildman–Crippen MR) is 91.9 cm³/mol. The van der Waals surface area contributed by atoms with Crippen LogP contribution >= 0.6 is 0 Å². The number of hydrogen-bond acceptors (Lipinski definition) is 4. The molecule has 0 spiro atoms. The van der Waals surface area contributed by atoms with Crippen LogP contribution in [0.3, 0.4) is 0 Å². The van der Waals surface area contributed by atoms with Gasteiger partial charge < -0.3 is 20.4 Å². The zero-order valence-corrected chi connectivity index (χ0v) is 15.5. The van der Waals surface area contributed by atoms with Gasteiger partial charge >= 0.3 is 11.9 Å². The Kier molecular flexibility index (Phi) is 9.78. The minimum Gasteiger partial charge on any atom is -0.480 e. The highest BCUT2D eigenvalue weighted by Gasteiger charge is 2.24. The first-order chi connectivity index (χ1) is 11.5. The molecule has 0 fully saturated rings. The van der Waals surface area contributed by atoms with Crippen LogP contribution in [-0.2, 0) is 19.2 Å². The zero-order chi connectivity index (χ0) is 19.6. The summed E-state index contributed by atoms with van der Waals surface area (Å²) >= 11 is 0. The summed E-state index contributed by atoms with van der Waals surface area (Å²) in [5.74, 6) is -3.56. The maximum Gasteiger partial charge on any atom is 0.323 e. The summed E-state index contributed by atoms with van der Waals surface area (Å²) in [5, 5.41) is 20.1. The quantitative estimate of drug-likeness (QED) is 0.484. The Labute approximate surface area is 148 Å². The van der Waals surface area contributed by atoms with Crippen molar-refractivity contribution < 1.29 is 29.4 Å². The summed E-state index contributed by atoms with van der Waals surface area (Å²) in [6, 6.07) is 0. The predicted octanol–water partition coefficient (Wildman–Crippen LogP) is 1.34. The molecule has 2 amide bonds. The van der Waals surface area contributed by atoms with Gasteiger partial charge in [-0.15, -0.1) is 0 Å². The lowest BCUT2D eigenvalue weighted by Crippen LogP contribution is -2.41. The molecular weight excluding hydrogens is 328 g/mol. The van der Waals surface area contributed by atoms with E-state index < -0.39 is 30.9 Å². The number of aliphatic carboxylic acids is 2. The van der Waals surface area contributed by atoms with E-state index in [9.17, 15) is 19.2 Å². The largest absolute Gasteiger partial charge is 0.480 e. The molecule has 0 rings (SSSR count). The Morgan fingerprint density at radius 1 is 1.08 bits per heavy atom. The van der Waals surface area contributed by atoms with Crippen molar-refractivity contribution in [3.8, 4) is 0 Å². The third kappa shape index (κ3) is 10.4. The summed E-state index contributed by atoms with van der Waals surface area (Å²) in [4.78, 5) is 46.2. The highest BCUT2D eigenvalue weighted by Crippen LogP contribution is 2.30. The third-order valence-corrected chi connectivity index (χ3v) is 3.88. The maximum absolute atomic E-state index is 12.1. The lowest BCUT2D eigenvalue weighted by molar-refractivity contribution is -0.149. The van der Waals surface area contributed by atoms with Crippen LogP contribution in [0.4, 0.5) is 0 Å². The molecule has 0 aromatic rings. The van der Waals surface area contributed by atoms with Crippen molar-refractivity contribution in [2.45, 2.75) is 53.4 Å². The van der Waals surface area contributed by atoms with Crippen LogP contribution in [0, 0.1) is 11.3 Å². The highest BCUT2D eigenvalue weighted by molar-refractivity contribution is 5.85. The van der Waals surface area contributed by atoms with Crippen molar-refractivity contribution in [2.75, 3.05) is 19.6 Å². The second-order valence-corrected chi connectivity index (χ2v) is 7.10. The molecule has 0 aliphatic heterocycles. The highest BCUT2D eigenvalue weighted by atomic mass is 16.4. The molecule has 0 saturated carbocycles. The van der Waals surface area contributed by atoms with Gasteiger partial charge in [0.15, 0.2) is 0 Å². The van der Waals surface area contributed by atoms with Crippen LogP contribution in [0.5, 0.6) is 0 Å². The summed E-state index contributed by atoms with van der Waals surface area (Å²) in [5.41, 5.74) is 0.0566. The van der Waals surface area contributed by atoms with Crippen molar-refractivity contribution >= 4 is 23.8 Å². The van der Waals surface area contributed by atoms with Crippen LogP contribution in [0.25, 0.3) is 0 Å². The molecule has 0 heterocycles. The average molecular weight is 358 g/mol. The molecule has 8 heteroatoms. The minimum absolute atomic E-state index is 0.0476. The number of carboxylic acid groups (broad SMARTS) is 2. The SMILES string of the molecule is CCCC(C)(C)CC(C)C(=O)NCCC(=O)N(CC(=O)O)CC(=O)O. The number of hydrogen-bond donors (Lipinski definition) is 3. The Balaban J connectivity index is 4.42. The first-order valence-electron chi connectivity index (χ1n) is 8.47. The molecule has 25 heavy (non-hydrogen) atoms. The van der Waals surface area contributed by atoms with Gasteiger partial charge in [0.1, 0.15) is 13.1 Å². The van der Waals surface area contributed by atoms with Crippen LogP contribution in [0.15, 0.2) is 0 Å². The molecule has 3 N–H and O–H groups in total. The Bertz CT molecular complexity index is 474. The van der Waals surface area contributed by atoms with Crippen LogP contribution in [0.1, 0.15) is 53.4 Å². The number of rotatable bonds is 12. The Morgan fingerprint density at radius 2 is 1.60 bits per heavy atom. The number of nitrogens with zero attached hydrogens (tertiary/aromatic N) is 1. The second-order valence-electron chi connectivity index (χ2n) is 7.10. The molecule has 0 aliphatic rings. The molecule has 1 atom stereocenters. The first-order valence-corrected chi connectivity index (χ1v) is 8.47. The van der Waals surface area contributed by atoms with Gasteiger partial charge in [-0.05, 0) is 18.3 Å². The van der Waals surface area contributed by atoms with Crippen molar-refractivity contribution in [1.82, 2.24) is 10.2 Å². The van der Waals surface area contributed by atoms with Gasteiger partial charge in [-0.1, -0.05) is 34.1 Å². The maximum atomic E-state index is 12.1. The molecule has 0 aromatic carbocycles. The molecule has 0 bridgehead atoms. The molecule has 0 aliphatic carbocycles. The number of carbonyl (C=O) groups excluding carboxylic acids is 2. The fourth-order valence-electron chi connectivity index (χ4n) is 2.88. The number of amides is 2. The van der Waals surface area contributed by atoms with Crippen molar-refractivity contribution in [3.63, 3.8) is 0 Å². The van der Waals surface area contributed by atoms with E-state index in [-0.39, 0.29) is 30.2 Å². The van der Waals surface area contributed by atoms with Gasteiger partial charge in [-0.3, -0.25) is 19.2 Å². The number of carboxylic acids is 2. The van der Waals surface area contributed by atoms with Gasteiger partial charge in [-0.2, -0.15) is 0 Å². The Morgan fingerprint density at radius 3 is 2.04 bits per heavy atom. The Hall–Kier alpha value is -2.12. The molecule has 1 unspecified atom stereocenters. The van der Waals surface area contributed by atoms with Gasteiger partial charge in [-0.25, -0.2) is 0 Å². The van der Waals surface area contributed by atoms with Gasteiger partial charge in [0.2, 0.25) is 11.8 Å². The van der Waals surface area contributed by atoms with Gasteiger partial charge in [0.05, 0.1) is 0 Å². The van der Waals surface area contributed by atoms with Crippen molar-refractivity contribution in [2.24, 2.45) is 11.3 Å². The summed E-state index contributed by atoms with van der Waals surface area (Å²) < 4.78 is 0. The molecule has 144 valence electrons. The van der Waals surface area contributed by atoms with E-state index >= 15 is 0 Å². The summed E-state index contributed by atoms with van der Waals surface area (Å²) in [7, 11) is 0. The van der Waals surface area contributed by atoms with Crippen LogP contribution < -0.4 is 5.32 Å². The normalized spacial score (nSPS) is 12.3. The monoisotopic (exact) mass is 358 g/mol. The standard InChI is InChI=1S/C17H30N2O6/c1-5-7-17(3,4)9-12(2)16(25)18-8-6-13(20)19(10-14(21)22)11-15(23)24/h12H,5-11H2,1-4H3,(H,18,25)(H,21,22)(H,23,24). The van der Waals surface area contributed by atoms with E-state index in [2.05, 4.69) is 26.1 Å². The summed E-state index contributed by atoms with van der Waals surface area (Å²) in [6.45, 7) is 6.83. The van der Waals surface area contributed by atoms with E-state index in [1.54, 1.807) is 0 Å². The van der Waals surface area contributed by atoms with Crippen molar-refractivity contribution in [3.05, 3.63) is 0 Å². The smallest absolute Gasteiger partial charge is 0.323 e. The number of nitrogens with one attached hydrogen (secondary N) is 1. The van der Waals surface area contributed by atoms with E-state index in [1.165, 1.54) is 0 Å². The molecule has 8 nitrogen and oxygen atoms in total. The van der Waals surface area contributed by atoms with E-state index in [0.717, 1.165) is 24.2 Å². The van der Waals surface area contributed by atoms with E-state index in [1.807, 2.05) is 6.92 Å². The fourth-order valence-corrected chi connectivity index (χ4v) is 2.88.